The molecule has 7 heteroatoms. The van der Waals surface area contributed by atoms with Crippen LogP contribution in [-0.4, -0.2) is 36.7 Å². The van der Waals surface area contributed by atoms with Gasteiger partial charge in [0.05, 0.1) is 18.8 Å². The molecule has 0 N–H and O–H groups in total. The Kier molecular flexibility index (Phi) is 4.46. The first-order valence-electron chi connectivity index (χ1n) is 5.95. The van der Waals surface area contributed by atoms with E-state index in [2.05, 4.69) is 4.99 Å². The van der Waals surface area contributed by atoms with Crippen molar-refractivity contribution < 1.29 is 12.8 Å². The second-order valence-corrected chi connectivity index (χ2v) is 7.18. The molecule has 1 aromatic rings. The Balaban J connectivity index is 2.01. The predicted octanol–water partition coefficient (Wildman–Crippen LogP) is 2.08. The number of rotatable bonds is 4. The maximum absolute atomic E-state index is 12.8. The molecule has 104 valence electrons. The number of benzene rings is 1. The van der Waals surface area contributed by atoms with Gasteiger partial charge in [0.2, 0.25) is 10.0 Å². The van der Waals surface area contributed by atoms with Crippen LogP contribution in [0, 0.1) is 5.82 Å². The van der Waals surface area contributed by atoms with Crippen LogP contribution in [0.4, 0.5) is 4.39 Å². The van der Waals surface area contributed by atoms with Crippen molar-refractivity contribution >= 4 is 27.0 Å². The van der Waals surface area contributed by atoms with Crippen LogP contribution in [0.3, 0.4) is 0 Å². The molecule has 1 aromatic carbocycles. The lowest BCUT2D eigenvalue weighted by atomic mass is 10.2. The summed E-state index contributed by atoms with van der Waals surface area (Å²) in [6.07, 6.45) is 0. The number of halogens is 1. The van der Waals surface area contributed by atoms with Crippen LogP contribution in [0.5, 0.6) is 0 Å². The summed E-state index contributed by atoms with van der Waals surface area (Å²) in [5.74, 6) is 0.375. The summed E-state index contributed by atoms with van der Waals surface area (Å²) in [7, 11) is -3.24. The molecule has 0 spiro atoms. The number of hydrogen-bond acceptors (Lipinski definition) is 4. The zero-order valence-corrected chi connectivity index (χ0v) is 12.2. The van der Waals surface area contributed by atoms with E-state index in [9.17, 15) is 12.8 Å². The SMILES string of the molecule is CCS(=O)(=O)N1CCN=C1SCc1ccc(F)cc1. The standard InChI is InChI=1S/C12H15FN2O2S2/c1-2-19(16,17)15-8-7-14-12(15)18-9-10-3-5-11(13)6-4-10/h3-6H,2,7-9H2,1H3. The molecule has 0 saturated heterocycles. The second-order valence-electron chi connectivity index (χ2n) is 4.05. The van der Waals surface area contributed by atoms with Gasteiger partial charge in [-0.1, -0.05) is 23.9 Å². The molecule has 1 aliphatic heterocycles. The fraction of sp³-hybridized carbons (Fsp3) is 0.417. The lowest BCUT2D eigenvalue weighted by Crippen LogP contribution is -2.34. The molecular formula is C12H15FN2O2S2. The molecule has 0 aromatic heterocycles. The molecule has 0 aliphatic carbocycles. The zero-order chi connectivity index (χ0) is 13.9. The number of thioether (sulfide) groups is 1. The summed E-state index contributed by atoms with van der Waals surface area (Å²) in [5, 5.41) is 0.533. The van der Waals surface area contributed by atoms with E-state index in [0.29, 0.717) is 24.0 Å². The average Bonchev–Trinajstić information content (AvgIpc) is 2.87. The van der Waals surface area contributed by atoms with Gasteiger partial charge in [0.15, 0.2) is 5.17 Å². The van der Waals surface area contributed by atoms with Crippen LogP contribution in [-0.2, 0) is 15.8 Å². The van der Waals surface area contributed by atoms with Gasteiger partial charge >= 0.3 is 0 Å². The minimum atomic E-state index is -3.24. The van der Waals surface area contributed by atoms with Crippen molar-refractivity contribution in [1.29, 1.82) is 0 Å². The molecule has 0 amide bonds. The third-order valence-corrected chi connectivity index (χ3v) is 5.70. The van der Waals surface area contributed by atoms with Crippen LogP contribution in [0.15, 0.2) is 29.3 Å². The number of aliphatic imine (C=N–C) groups is 1. The number of amidine groups is 1. The fourth-order valence-corrected chi connectivity index (χ4v) is 4.04. The first-order valence-corrected chi connectivity index (χ1v) is 8.54. The van der Waals surface area contributed by atoms with E-state index < -0.39 is 10.0 Å². The van der Waals surface area contributed by atoms with Gasteiger partial charge in [-0.15, -0.1) is 0 Å². The van der Waals surface area contributed by atoms with Gasteiger partial charge in [0, 0.05) is 5.75 Å². The molecule has 19 heavy (non-hydrogen) atoms. The van der Waals surface area contributed by atoms with Crippen molar-refractivity contribution in [3.63, 3.8) is 0 Å². The highest BCUT2D eigenvalue weighted by Crippen LogP contribution is 2.22. The Bertz CT molecular complexity index is 570. The molecule has 1 heterocycles. The molecule has 1 aliphatic rings. The van der Waals surface area contributed by atoms with Crippen LogP contribution in [0.25, 0.3) is 0 Å². The highest BCUT2D eigenvalue weighted by Gasteiger charge is 2.27. The molecule has 0 atom stereocenters. The van der Waals surface area contributed by atoms with Gasteiger partial charge in [-0.2, -0.15) is 0 Å². The van der Waals surface area contributed by atoms with Gasteiger partial charge < -0.3 is 0 Å². The van der Waals surface area contributed by atoms with Gasteiger partial charge in [-0.3, -0.25) is 4.99 Å². The molecule has 2 rings (SSSR count). The largest absolute Gasteiger partial charge is 0.260 e. The summed E-state index contributed by atoms with van der Waals surface area (Å²) in [6, 6.07) is 6.17. The molecular weight excluding hydrogens is 287 g/mol. The highest BCUT2D eigenvalue weighted by atomic mass is 32.2. The van der Waals surface area contributed by atoms with Crippen molar-refractivity contribution in [2.75, 3.05) is 18.8 Å². The van der Waals surface area contributed by atoms with Gasteiger partial charge in [-0.05, 0) is 24.6 Å². The maximum atomic E-state index is 12.8. The summed E-state index contributed by atoms with van der Waals surface area (Å²) in [4.78, 5) is 4.22. The third kappa shape index (κ3) is 3.48. The highest BCUT2D eigenvalue weighted by molar-refractivity contribution is 8.14. The molecule has 4 nitrogen and oxygen atoms in total. The lowest BCUT2D eigenvalue weighted by molar-refractivity contribution is 0.541. The van der Waals surface area contributed by atoms with Gasteiger partial charge in [0.25, 0.3) is 0 Å². The number of nitrogens with zero attached hydrogens (tertiary/aromatic N) is 2. The molecule has 0 fully saturated rings. The first kappa shape index (κ1) is 14.3. The maximum Gasteiger partial charge on any atom is 0.236 e. The van der Waals surface area contributed by atoms with E-state index in [-0.39, 0.29) is 11.6 Å². The Morgan fingerprint density at radius 3 is 2.68 bits per heavy atom. The summed E-state index contributed by atoms with van der Waals surface area (Å²) in [6.45, 7) is 2.54. The predicted molar refractivity (Wildman–Crippen MR) is 76.2 cm³/mol. The molecule has 0 unspecified atom stereocenters. The first-order chi connectivity index (χ1) is 9.03. The summed E-state index contributed by atoms with van der Waals surface area (Å²) >= 11 is 1.37. The third-order valence-electron chi connectivity index (χ3n) is 2.75. The Morgan fingerprint density at radius 1 is 1.37 bits per heavy atom. The minimum Gasteiger partial charge on any atom is -0.260 e. The van der Waals surface area contributed by atoms with Gasteiger partial charge in [0.1, 0.15) is 5.82 Å². The second kappa shape index (κ2) is 5.92. The normalized spacial score (nSPS) is 15.7. The van der Waals surface area contributed by atoms with Crippen molar-refractivity contribution in [1.82, 2.24) is 4.31 Å². The molecule has 0 saturated carbocycles. The Morgan fingerprint density at radius 2 is 2.05 bits per heavy atom. The summed E-state index contributed by atoms with van der Waals surface area (Å²) < 4.78 is 37.8. The van der Waals surface area contributed by atoms with E-state index in [0.717, 1.165) is 5.56 Å². The van der Waals surface area contributed by atoms with Gasteiger partial charge in [-0.25, -0.2) is 17.1 Å². The van der Waals surface area contributed by atoms with Crippen LogP contribution in [0.2, 0.25) is 0 Å². The van der Waals surface area contributed by atoms with Crippen LogP contribution in [0.1, 0.15) is 12.5 Å². The smallest absolute Gasteiger partial charge is 0.236 e. The van der Waals surface area contributed by atoms with Crippen molar-refractivity contribution in [3.05, 3.63) is 35.6 Å². The fourth-order valence-electron chi connectivity index (χ4n) is 1.67. The average molecular weight is 302 g/mol. The van der Waals surface area contributed by atoms with Crippen molar-refractivity contribution in [2.45, 2.75) is 12.7 Å². The molecule has 0 bridgehead atoms. The number of hydrogen-bond donors (Lipinski definition) is 0. The van der Waals surface area contributed by atoms with Crippen molar-refractivity contribution in [3.8, 4) is 0 Å². The van der Waals surface area contributed by atoms with Crippen LogP contribution < -0.4 is 0 Å². The Labute approximate surface area is 116 Å². The Hall–Kier alpha value is -1.08. The topological polar surface area (TPSA) is 49.7 Å². The summed E-state index contributed by atoms with van der Waals surface area (Å²) in [5.41, 5.74) is 0.940. The van der Waals surface area contributed by atoms with E-state index in [1.807, 2.05) is 0 Å². The zero-order valence-electron chi connectivity index (χ0n) is 10.5. The minimum absolute atomic E-state index is 0.0725. The molecule has 0 radical (unpaired) electrons. The van der Waals surface area contributed by atoms with E-state index in [1.165, 1.54) is 28.2 Å². The van der Waals surface area contributed by atoms with Crippen molar-refractivity contribution in [2.24, 2.45) is 4.99 Å². The monoisotopic (exact) mass is 302 g/mol. The lowest BCUT2D eigenvalue weighted by Gasteiger charge is -2.18. The van der Waals surface area contributed by atoms with Crippen LogP contribution >= 0.6 is 11.8 Å². The quantitative estimate of drug-likeness (QED) is 0.855. The van der Waals surface area contributed by atoms with E-state index in [4.69, 9.17) is 0 Å². The number of sulfonamides is 1. The van der Waals surface area contributed by atoms with E-state index >= 15 is 0 Å². The van der Waals surface area contributed by atoms with E-state index in [1.54, 1.807) is 19.1 Å².